The molecule has 1 amide bonds. The topological polar surface area (TPSA) is 55.1 Å². The van der Waals surface area contributed by atoms with Crippen molar-refractivity contribution in [3.05, 3.63) is 0 Å². The van der Waals surface area contributed by atoms with Crippen molar-refractivity contribution in [2.45, 2.75) is 90.6 Å². The molecule has 1 saturated carbocycles. The zero-order valence-corrected chi connectivity index (χ0v) is 13.7. The molecule has 1 rings (SSSR count). The Morgan fingerprint density at radius 1 is 1.25 bits per heavy atom. The van der Waals surface area contributed by atoms with Crippen LogP contribution in [0.3, 0.4) is 0 Å². The van der Waals surface area contributed by atoms with Crippen LogP contribution in [0.1, 0.15) is 78.6 Å². The maximum atomic E-state index is 12.3. The van der Waals surface area contributed by atoms with Crippen molar-refractivity contribution >= 4 is 5.91 Å². The second kappa shape index (κ2) is 9.38. The lowest BCUT2D eigenvalue weighted by molar-refractivity contribution is -0.127. The van der Waals surface area contributed by atoms with E-state index in [9.17, 15) is 4.79 Å². The highest BCUT2D eigenvalue weighted by atomic mass is 16.1. The number of nitrogens with one attached hydrogen (secondary N) is 1. The summed E-state index contributed by atoms with van der Waals surface area (Å²) in [6.45, 7) is 6.42. The molecule has 0 spiro atoms. The lowest BCUT2D eigenvalue weighted by Crippen LogP contribution is -2.41. The fourth-order valence-corrected chi connectivity index (χ4v) is 3.26. The number of hydrogen-bond donors (Lipinski definition) is 2. The number of nitrogens with two attached hydrogens (primary N) is 1. The monoisotopic (exact) mass is 282 g/mol. The molecule has 4 unspecified atom stereocenters. The van der Waals surface area contributed by atoms with Crippen LogP contribution in [-0.2, 0) is 4.79 Å². The molecular weight excluding hydrogens is 248 g/mol. The third-order valence-corrected chi connectivity index (χ3v) is 4.76. The average Bonchev–Trinajstić information content (AvgIpc) is 2.42. The van der Waals surface area contributed by atoms with E-state index < -0.39 is 0 Å². The summed E-state index contributed by atoms with van der Waals surface area (Å²) < 4.78 is 0. The number of carbonyl (C=O) groups excluding carboxylic acids is 1. The fourth-order valence-electron chi connectivity index (χ4n) is 3.26. The van der Waals surface area contributed by atoms with Gasteiger partial charge in [-0.2, -0.15) is 0 Å². The van der Waals surface area contributed by atoms with Crippen LogP contribution in [0.4, 0.5) is 0 Å². The van der Waals surface area contributed by atoms with E-state index >= 15 is 0 Å². The van der Waals surface area contributed by atoms with E-state index in [4.69, 9.17) is 5.73 Å². The van der Waals surface area contributed by atoms with Gasteiger partial charge in [0.15, 0.2) is 0 Å². The van der Waals surface area contributed by atoms with Crippen molar-refractivity contribution in [2.24, 2.45) is 17.6 Å². The van der Waals surface area contributed by atoms with Crippen LogP contribution < -0.4 is 11.1 Å². The summed E-state index contributed by atoms with van der Waals surface area (Å²) in [6, 6.07) is 0.606. The van der Waals surface area contributed by atoms with E-state index in [1.54, 1.807) is 0 Å². The SMILES string of the molecule is CCCCCCC(C)NC(=O)C(C)C1CCCC(N)C1. The molecule has 3 heteroatoms. The van der Waals surface area contributed by atoms with Crippen molar-refractivity contribution in [1.82, 2.24) is 5.32 Å². The van der Waals surface area contributed by atoms with Crippen molar-refractivity contribution in [1.29, 1.82) is 0 Å². The van der Waals surface area contributed by atoms with Gasteiger partial charge >= 0.3 is 0 Å². The smallest absolute Gasteiger partial charge is 0.223 e. The van der Waals surface area contributed by atoms with E-state index in [2.05, 4.69) is 26.1 Å². The minimum absolute atomic E-state index is 0.111. The highest BCUT2D eigenvalue weighted by Crippen LogP contribution is 2.29. The van der Waals surface area contributed by atoms with Crippen LogP contribution in [0.15, 0.2) is 0 Å². The van der Waals surface area contributed by atoms with Crippen LogP contribution >= 0.6 is 0 Å². The van der Waals surface area contributed by atoms with Crippen LogP contribution in [-0.4, -0.2) is 18.0 Å². The summed E-state index contributed by atoms with van der Waals surface area (Å²) in [4.78, 5) is 12.3. The second-order valence-corrected chi connectivity index (χ2v) is 6.73. The quantitative estimate of drug-likeness (QED) is 0.668. The van der Waals surface area contributed by atoms with Gasteiger partial charge in [-0.15, -0.1) is 0 Å². The number of hydrogen-bond acceptors (Lipinski definition) is 2. The zero-order chi connectivity index (χ0) is 15.0. The maximum Gasteiger partial charge on any atom is 0.223 e. The van der Waals surface area contributed by atoms with E-state index in [-0.39, 0.29) is 11.8 Å². The third-order valence-electron chi connectivity index (χ3n) is 4.76. The first kappa shape index (κ1) is 17.5. The highest BCUT2D eigenvalue weighted by Gasteiger charge is 2.28. The van der Waals surface area contributed by atoms with Gasteiger partial charge in [0.2, 0.25) is 5.91 Å². The van der Waals surface area contributed by atoms with Crippen LogP contribution in [0, 0.1) is 11.8 Å². The molecule has 0 radical (unpaired) electrons. The minimum atomic E-state index is 0.111. The minimum Gasteiger partial charge on any atom is -0.353 e. The molecule has 0 heterocycles. The molecule has 3 nitrogen and oxygen atoms in total. The number of unbranched alkanes of at least 4 members (excludes halogenated alkanes) is 3. The summed E-state index contributed by atoms with van der Waals surface area (Å²) in [7, 11) is 0. The van der Waals surface area contributed by atoms with Crippen molar-refractivity contribution in [2.75, 3.05) is 0 Å². The van der Waals surface area contributed by atoms with E-state index in [0.717, 1.165) is 25.7 Å². The van der Waals surface area contributed by atoms with Crippen molar-refractivity contribution < 1.29 is 4.79 Å². The Morgan fingerprint density at radius 2 is 2.00 bits per heavy atom. The zero-order valence-electron chi connectivity index (χ0n) is 13.7. The summed E-state index contributed by atoms with van der Waals surface area (Å²) in [5, 5.41) is 3.19. The molecule has 0 aromatic carbocycles. The van der Waals surface area contributed by atoms with Crippen molar-refractivity contribution in [3.63, 3.8) is 0 Å². The molecule has 20 heavy (non-hydrogen) atoms. The molecular formula is C17H34N2O. The number of amides is 1. The van der Waals surface area contributed by atoms with Gasteiger partial charge < -0.3 is 11.1 Å². The van der Waals surface area contributed by atoms with Gasteiger partial charge in [-0.05, 0) is 38.5 Å². The molecule has 1 fully saturated rings. The maximum absolute atomic E-state index is 12.3. The largest absolute Gasteiger partial charge is 0.353 e. The van der Waals surface area contributed by atoms with E-state index in [0.29, 0.717) is 18.0 Å². The van der Waals surface area contributed by atoms with Gasteiger partial charge in [-0.1, -0.05) is 46.0 Å². The lowest BCUT2D eigenvalue weighted by atomic mass is 9.78. The first-order valence-corrected chi connectivity index (χ1v) is 8.60. The van der Waals surface area contributed by atoms with Crippen LogP contribution in [0.2, 0.25) is 0 Å². The summed E-state index contributed by atoms with van der Waals surface area (Å²) >= 11 is 0. The van der Waals surface area contributed by atoms with Gasteiger partial charge in [0.05, 0.1) is 0 Å². The average molecular weight is 282 g/mol. The first-order chi connectivity index (χ1) is 9.54. The predicted octanol–water partition coefficient (Wildman–Crippen LogP) is 3.62. The molecule has 1 aliphatic rings. The Balaban J connectivity index is 2.26. The molecule has 3 N–H and O–H groups in total. The summed E-state index contributed by atoms with van der Waals surface area (Å²) in [6.07, 6.45) is 10.6. The van der Waals surface area contributed by atoms with Gasteiger partial charge in [-0.3, -0.25) is 4.79 Å². The van der Waals surface area contributed by atoms with Crippen molar-refractivity contribution in [3.8, 4) is 0 Å². The predicted molar refractivity (Wildman–Crippen MR) is 85.5 cm³/mol. The fraction of sp³-hybridized carbons (Fsp3) is 0.941. The Hall–Kier alpha value is -0.570. The van der Waals surface area contributed by atoms with E-state index in [1.165, 1.54) is 32.1 Å². The molecule has 0 saturated heterocycles. The van der Waals surface area contributed by atoms with E-state index in [1.807, 2.05) is 0 Å². The number of carbonyl (C=O) groups is 1. The molecule has 1 aliphatic carbocycles. The van der Waals surface area contributed by atoms with Gasteiger partial charge in [-0.25, -0.2) is 0 Å². The van der Waals surface area contributed by atoms with Gasteiger partial charge in [0.1, 0.15) is 0 Å². The highest BCUT2D eigenvalue weighted by molar-refractivity contribution is 5.78. The third kappa shape index (κ3) is 6.25. The summed E-state index contributed by atoms with van der Waals surface area (Å²) in [5.41, 5.74) is 6.03. The first-order valence-electron chi connectivity index (χ1n) is 8.60. The molecule has 0 bridgehead atoms. The molecule has 0 aromatic rings. The standard InChI is InChI=1S/C17H34N2O/c1-4-5-6-7-9-13(2)19-17(20)14(3)15-10-8-11-16(18)12-15/h13-16H,4-12,18H2,1-3H3,(H,19,20). The van der Waals surface area contributed by atoms with Gasteiger partial charge in [0, 0.05) is 18.0 Å². The van der Waals surface area contributed by atoms with Crippen LogP contribution in [0.25, 0.3) is 0 Å². The Morgan fingerprint density at radius 3 is 2.65 bits per heavy atom. The Bertz CT molecular complexity index is 280. The summed E-state index contributed by atoms with van der Waals surface area (Å²) in [5.74, 6) is 0.817. The van der Waals surface area contributed by atoms with Crippen LogP contribution in [0.5, 0.6) is 0 Å². The lowest BCUT2D eigenvalue weighted by Gasteiger charge is -2.31. The normalized spacial score (nSPS) is 26.0. The molecule has 0 aromatic heterocycles. The Labute approximate surface area is 125 Å². The Kier molecular flexibility index (Phi) is 8.20. The molecule has 4 atom stereocenters. The molecule has 0 aliphatic heterocycles. The van der Waals surface area contributed by atoms with Gasteiger partial charge in [0.25, 0.3) is 0 Å². The number of rotatable bonds is 8. The second-order valence-electron chi connectivity index (χ2n) is 6.73. The molecule has 118 valence electrons.